The maximum atomic E-state index is 6.90. The first-order valence-corrected chi connectivity index (χ1v) is 25.4. The number of aromatic nitrogens is 1. The van der Waals surface area contributed by atoms with E-state index in [9.17, 15) is 0 Å². The summed E-state index contributed by atoms with van der Waals surface area (Å²) in [5, 5.41) is 0. The molecule has 6 heteroatoms. The van der Waals surface area contributed by atoms with Crippen LogP contribution in [0.3, 0.4) is 0 Å². The van der Waals surface area contributed by atoms with Crippen LogP contribution in [0.25, 0.3) is 22.3 Å². The number of pyridine rings is 1. The summed E-state index contributed by atoms with van der Waals surface area (Å²) in [5.74, 6) is 2.51. The maximum absolute atomic E-state index is 6.90. The number of anilines is 7. The molecule has 0 atom stereocenters. The van der Waals surface area contributed by atoms with Crippen molar-refractivity contribution in [2.75, 3.05) is 21.4 Å². The molecular weight excluding hydrogens is 920 g/mol. The van der Waals surface area contributed by atoms with Gasteiger partial charge in [-0.3, -0.25) is 0 Å². The van der Waals surface area contributed by atoms with Gasteiger partial charge in [-0.15, -0.1) is 0 Å². The number of nitrogens with zero attached hydrogens (tertiary/aromatic N) is 4. The van der Waals surface area contributed by atoms with Crippen LogP contribution in [-0.4, -0.2) is 32.6 Å². The van der Waals surface area contributed by atoms with Crippen molar-refractivity contribution >= 4 is 68.1 Å². The molecule has 7 aromatic carbocycles. The summed E-state index contributed by atoms with van der Waals surface area (Å²) in [6, 6.07) is 62.2. The van der Waals surface area contributed by atoms with Crippen LogP contribution in [-0.2, 0) is 16.2 Å². The van der Waals surface area contributed by atoms with Crippen LogP contribution >= 0.6 is 0 Å². The van der Waals surface area contributed by atoms with Crippen LogP contribution in [0.15, 0.2) is 176 Å². The summed E-state index contributed by atoms with van der Waals surface area (Å²) < 4.78 is 9.67. The van der Waals surface area contributed by atoms with Gasteiger partial charge in [0.05, 0.1) is 0 Å². The molecule has 0 spiro atoms. The Morgan fingerprint density at radius 3 is 1.73 bits per heavy atom. The minimum absolute atomic E-state index is 0.00750. The summed E-state index contributed by atoms with van der Waals surface area (Å²) in [6.45, 7) is 21.2. The summed E-state index contributed by atoms with van der Waals surface area (Å²) in [5.41, 5.74) is 15.6. The van der Waals surface area contributed by atoms with Crippen molar-refractivity contribution in [3.8, 4) is 33.8 Å². The Labute approximate surface area is 401 Å². The molecule has 10 rings (SSSR count). The fourth-order valence-electron chi connectivity index (χ4n) is 9.08. The quantitative estimate of drug-likeness (QED) is 0.149. The summed E-state index contributed by atoms with van der Waals surface area (Å²) in [7, 11) is 0. The van der Waals surface area contributed by atoms with E-state index < -0.39 is 20.9 Å². The number of hydrogen-bond donors (Lipinski definition) is 0. The van der Waals surface area contributed by atoms with Gasteiger partial charge in [0.2, 0.25) is 0 Å². The number of benzene rings is 7. The Morgan fingerprint density at radius 2 is 1.06 bits per heavy atom. The second kappa shape index (κ2) is 16.8. The van der Waals surface area contributed by atoms with Gasteiger partial charge in [-0.2, -0.15) is 0 Å². The molecule has 66 heavy (non-hydrogen) atoms. The van der Waals surface area contributed by atoms with E-state index in [0.717, 1.165) is 28.7 Å². The Bertz CT molecular complexity index is 3030. The Hall–Kier alpha value is -6.32. The minimum atomic E-state index is -0.626. The molecule has 0 fully saturated rings. The monoisotopic (exact) mass is 980 g/mol. The zero-order chi connectivity index (χ0) is 46.0. The molecule has 0 radical (unpaired) electrons. The first-order valence-electron chi connectivity index (χ1n) is 23.0. The molecule has 0 amide bonds. The van der Waals surface area contributed by atoms with Gasteiger partial charge in [-0.05, 0) is 39.7 Å². The van der Waals surface area contributed by atoms with Gasteiger partial charge in [0.25, 0.3) is 0 Å². The van der Waals surface area contributed by atoms with E-state index in [-0.39, 0.29) is 16.2 Å². The SMILES string of the molecule is CC(C)(C)c1ccnc(N2c3ccccc3[Te]c3ccc(Oc4cccc(N5CN(c6c(-c7ccccc7)cc(C(C)(C)C)cc6-c6ccccc6)c6ccc(C(C)(C)C)cc65)c4)cc32)c1. The van der Waals surface area contributed by atoms with E-state index in [4.69, 9.17) is 9.72 Å². The Morgan fingerprint density at radius 1 is 0.455 bits per heavy atom. The molecule has 5 nitrogen and oxygen atoms in total. The third-order valence-electron chi connectivity index (χ3n) is 12.8. The topological polar surface area (TPSA) is 31.8 Å². The molecular formula is C60H58N4OTe. The van der Waals surface area contributed by atoms with Gasteiger partial charge < -0.3 is 0 Å². The van der Waals surface area contributed by atoms with Gasteiger partial charge >= 0.3 is 245 Å². The summed E-state index contributed by atoms with van der Waals surface area (Å²) >= 11 is -0.626. The molecule has 8 aromatic rings. The number of para-hydroxylation sites is 1. The number of fused-ring (bicyclic) bond motifs is 3. The first kappa shape index (κ1) is 43.6. The zero-order valence-corrected chi connectivity index (χ0v) is 41.9. The van der Waals surface area contributed by atoms with Crippen molar-refractivity contribution in [3.63, 3.8) is 0 Å². The van der Waals surface area contributed by atoms with Crippen molar-refractivity contribution in [2.24, 2.45) is 0 Å². The predicted octanol–water partition coefficient (Wildman–Crippen LogP) is 14.8. The van der Waals surface area contributed by atoms with Gasteiger partial charge in [-0.1, -0.05) is 108 Å². The average Bonchev–Trinajstić information content (AvgIpc) is 3.69. The van der Waals surface area contributed by atoms with E-state index >= 15 is 0 Å². The van der Waals surface area contributed by atoms with Crippen molar-refractivity contribution in [2.45, 2.75) is 78.6 Å². The van der Waals surface area contributed by atoms with E-state index in [2.05, 4.69) is 247 Å². The second-order valence-corrected chi connectivity index (χ2v) is 23.7. The van der Waals surface area contributed by atoms with Gasteiger partial charge in [-0.25, -0.2) is 0 Å². The second-order valence-electron chi connectivity index (χ2n) is 20.6. The van der Waals surface area contributed by atoms with Crippen LogP contribution in [0.2, 0.25) is 0 Å². The molecule has 3 heterocycles. The fourth-order valence-corrected chi connectivity index (χ4v) is 12.0. The van der Waals surface area contributed by atoms with E-state index in [1.54, 1.807) is 0 Å². The standard InChI is InChI=1S/C60H58N4OTe/c1-58(2,3)42-27-29-50-52(35-42)62(39-63(50)57-48(40-19-12-10-13-20-40)33-44(60(7,8)9)34-49(57)41-21-14-11-15-22-41)45-23-18-24-46(37-45)65-47-28-30-55-53(38-47)64(51-25-16-17-26-54(51)66-55)56-36-43(31-32-61-56)59(4,5)6/h10-38H,39H2,1-9H3. The van der Waals surface area contributed by atoms with E-state index in [1.807, 2.05) is 6.20 Å². The molecule has 1 aromatic heterocycles. The van der Waals surface area contributed by atoms with Crippen LogP contribution < -0.4 is 26.7 Å². The third-order valence-corrected chi connectivity index (χ3v) is 16.1. The molecule has 2 aliphatic rings. The Kier molecular flexibility index (Phi) is 11.1. The number of hydrogen-bond acceptors (Lipinski definition) is 5. The molecule has 0 bridgehead atoms. The molecule has 0 saturated carbocycles. The zero-order valence-electron chi connectivity index (χ0n) is 39.6. The van der Waals surface area contributed by atoms with Crippen molar-refractivity contribution in [3.05, 3.63) is 193 Å². The number of rotatable bonds is 7. The summed E-state index contributed by atoms with van der Waals surface area (Å²) in [4.78, 5) is 12.3. The molecule has 330 valence electrons. The molecule has 0 saturated heterocycles. The van der Waals surface area contributed by atoms with Crippen LogP contribution in [0.1, 0.15) is 79.0 Å². The number of ether oxygens (including phenoxy) is 1. The fraction of sp³-hybridized carbons (Fsp3) is 0.217. The van der Waals surface area contributed by atoms with Gasteiger partial charge in [0.1, 0.15) is 0 Å². The molecule has 0 N–H and O–H groups in total. The van der Waals surface area contributed by atoms with Crippen LogP contribution in [0.5, 0.6) is 11.5 Å². The van der Waals surface area contributed by atoms with Gasteiger partial charge in [0, 0.05) is 11.1 Å². The van der Waals surface area contributed by atoms with E-state index in [0.29, 0.717) is 6.67 Å². The van der Waals surface area contributed by atoms with Crippen molar-refractivity contribution in [1.82, 2.24) is 4.98 Å². The molecule has 2 aliphatic heterocycles. The predicted molar refractivity (Wildman–Crippen MR) is 279 cm³/mol. The Balaban J connectivity index is 1.07. The van der Waals surface area contributed by atoms with Gasteiger partial charge in [0.15, 0.2) is 0 Å². The molecule has 0 aliphatic carbocycles. The normalized spacial score (nSPS) is 13.6. The van der Waals surface area contributed by atoms with Crippen molar-refractivity contribution < 1.29 is 4.74 Å². The van der Waals surface area contributed by atoms with Crippen LogP contribution in [0, 0.1) is 0 Å². The first-order chi connectivity index (χ1) is 31.6. The molecule has 0 unspecified atom stereocenters. The third kappa shape index (κ3) is 8.38. The average molecular weight is 979 g/mol. The van der Waals surface area contributed by atoms with Crippen molar-refractivity contribution in [1.29, 1.82) is 0 Å². The van der Waals surface area contributed by atoms with E-state index in [1.165, 1.54) is 68.9 Å². The van der Waals surface area contributed by atoms with Crippen LogP contribution in [0.4, 0.5) is 39.9 Å². The summed E-state index contributed by atoms with van der Waals surface area (Å²) in [6.07, 6.45) is 1.95.